The van der Waals surface area contributed by atoms with Gasteiger partial charge in [-0.05, 0) is 168 Å². The Hall–Kier alpha value is -9.65. The van der Waals surface area contributed by atoms with Crippen molar-refractivity contribution in [2.24, 2.45) is 5.41 Å². The predicted octanol–water partition coefficient (Wildman–Crippen LogP) is 14.2. The lowest BCUT2D eigenvalue weighted by Gasteiger charge is -2.47. The Bertz CT molecular complexity index is 4070. The molecule has 3 aliphatic rings. The number of H-pyrrole nitrogens is 1. The Morgan fingerprint density at radius 3 is 2.06 bits per heavy atom. The number of likely N-dealkylation sites (tertiary alicyclic amines) is 2. The van der Waals surface area contributed by atoms with E-state index in [2.05, 4.69) is 54.9 Å². The molecule has 0 aliphatic carbocycles. The molecule has 6 aromatic rings. The Labute approximate surface area is 619 Å². The summed E-state index contributed by atoms with van der Waals surface area (Å²) in [6.07, 6.45) is 20.9. The molecule has 106 heavy (non-hydrogen) atoms. The van der Waals surface area contributed by atoms with E-state index in [0.717, 1.165) is 133 Å². The number of benzene rings is 4. The number of imide groups is 1. The molecule has 0 saturated carbocycles. The molecule has 1 atom stereocenters. The Morgan fingerprint density at radius 1 is 0.745 bits per heavy atom. The Kier molecular flexibility index (Phi) is 29.3. The normalized spacial score (nSPS) is 14.9. The summed E-state index contributed by atoms with van der Waals surface area (Å²) in [4.78, 5) is 135. The predicted molar refractivity (Wildman–Crippen MR) is 400 cm³/mol. The molecule has 3 aliphatic heterocycles. The molecule has 1 spiro atoms. The van der Waals surface area contributed by atoms with Crippen LogP contribution in [-0.4, -0.2) is 159 Å². The van der Waals surface area contributed by atoms with Crippen LogP contribution in [0.5, 0.6) is 5.75 Å². The highest BCUT2D eigenvalue weighted by Gasteiger charge is 2.40. The van der Waals surface area contributed by atoms with Crippen LogP contribution in [0.25, 0.3) is 33.5 Å². The van der Waals surface area contributed by atoms with E-state index in [-0.39, 0.29) is 85.1 Å². The number of carboxylic acids is 2. The van der Waals surface area contributed by atoms with Gasteiger partial charge in [0.1, 0.15) is 47.5 Å². The van der Waals surface area contributed by atoms with Gasteiger partial charge in [-0.25, -0.2) is 28.3 Å². The summed E-state index contributed by atoms with van der Waals surface area (Å²) in [5, 5.41) is 27.4. The average molecular weight is 1460 g/mol. The first-order chi connectivity index (χ1) is 50.9. The van der Waals surface area contributed by atoms with Crippen LogP contribution in [0.2, 0.25) is 0 Å². The molecule has 4 aromatic carbocycles. The third-order valence-corrected chi connectivity index (χ3v) is 21.2. The Morgan fingerprint density at radius 2 is 1.41 bits per heavy atom. The Balaban J connectivity index is 0.733. The number of halogens is 2. The van der Waals surface area contributed by atoms with Gasteiger partial charge in [0.05, 0.1) is 24.1 Å². The first kappa shape index (κ1) is 80.4. The van der Waals surface area contributed by atoms with Crippen LogP contribution in [-0.2, 0) is 45.5 Å². The maximum Gasteiger partial charge on any atom is 0.328 e. The minimum Gasteiger partial charge on any atom is -0.495 e. The monoisotopic (exact) mass is 1460 g/mol. The van der Waals surface area contributed by atoms with Crippen molar-refractivity contribution in [1.82, 2.24) is 40.3 Å². The number of hydrogen-bond donors (Lipinski definition) is 6. The van der Waals surface area contributed by atoms with Crippen molar-refractivity contribution in [2.45, 2.75) is 206 Å². The number of rotatable bonds is 39. The lowest BCUT2D eigenvalue weighted by Crippen LogP contribution is -2.50. The van der Waals surface area contributed by atoms with Gasteiger partial charge in [-0.3, -0.25) is 43.8 Å². The van der Waals surface area contributed by atoms with Gasteiger partial charge in [-0.1, -0.05) is 121 Å². The second kappa shape index (κ2) is 38.6. The number of fused-ring (bicyclic) bond motifs is 1. The van der Waals surface area contributed by atoms with Crippen molar-refractivity contribution >= 4 is 75.9 Å². The number of aliphatic carboxylic acids is 2. The van der Waals surface area contributed by atoms with Gasteiger partial charge >= 0.3 is 23.9 Å². The van der Waals surface area contributed by atoms with E-state index in [0.29, 0.717) is 77.2 Å². The number of ether oxygens (including phenoxy) is 2. The molecule has 6 N–H and O–H groups in total. The maximum atomic E-state index is 16.1. The first-order valence-electron chi connectivity index (χ1n) is 37.8. The highest BCUT2D eigenvalue weighted by atomic mass is 19.1. The van der Waals surface area contributed by atoms with Crippen LogP contribution in [0, 0.1) is 24.0 Å². The number of nitrogens with zero attached hydrogens (tertiary/aromatic N) is 6. The first-order valence-corrected chi connectivity index (χ1v) is 37.8. The van der Waals surface area contributed by atoms with Crippen LogP contribution < -0.4 is 25.6 Å². The standard InChI is InChI=1S/C81H104F2N10O13/c1-6-7-8-9-10-11-15-18-21-40-92(71(96)22-19-16-13-12-14-17-20-23-72(97)98)66(78(102)103)31-33-69(94)84-52-73(99)106-80(3,4)58-29-30-60(63(83)48-58)76(100)88-64-50-59(82)49-61(54(64)2)74-62-51-65(87-75(62)86-53-85-74)56-26-24-55(25-27-56)34-41-90-43-36-81(37-44-90)38-45-91(46-39-81)77(101)57-28-32-68(105-5)67(47-57)93-42-35-70(95)89-79(93)104/h24-30,32,47-51,53,66H,6-23,31,33-46,52H2,1-5H3,(H,84,94)(H,88,100)(H,97,98)(H,102,103)(H,85,86,87)(H,89,95,104)/t66-/m0/s1. The molecule has 9 rings (SSSR count). The molecule has 3 saturated heterocycles. The van der Waals surface area contributed by atoms with E-state index in [1.54, 1.807) is 25.1 Å². The molecule has 0 unspecified atom stereocenters. The number of methoxy groups -OCH3 is 1. The fourth-order valence-corrected chi connectivity index (χ4v) is 14.7. The fraction of sp³-hybridized carbons (Fsp3) is 0.519. The van der Waals surface area contributed by atoms with E-state index in [9.17, 15) is 48.3 Å². The molecule has 0 bridgehead atoms. The highest BCUT2D eigenvalue weighted by molar-refractivity contribution is 6.08. The van der Waals surface area contributed by atoms with Crippen LogP contribution in [0.3, 0.4) is 0 Å². The summed E-state index contributed by atoms with van der Waals surface area (Å²) < 4.78 is 43.0. The van der Waals surface area contributed by atoms with Gasteiger partial charge in [0.15, 0.2) is 0 Å². The lowest BCUT2D eigenvalue weighted by atomic mass is 9.71. The highest BCUT2D eigenvalue weighted by Crippen LogP contribution is 2.43. The molecule has 3 fully saturated rings. The van der Waals surface area contributed by atoms with Crippen LogP contribution in [0.15, 0.2) is 85.2 Å². The number of unbranched alkanes of at least 4 members (excludes halogenated alkanes) is 14. The van der Waals surface area contributed by atoms with Crippen LogP contribution in [0.1, 0.15) is 219 Å². The second-order valence-electron chi connectivity index (χ2n) is 29.1. The number of aromatic nitrogens is 3. The maximum absolute atomic E-state index is 16.1. The fourth-order valence-electron chi connectivity index (χ4n) is 14.7. The number of esters is 1. The van der Waals surface area contributed by atoms with E-state index in [1.165, 1.54) is 86.5 Å². The molecule has 5 heterocycles. The van der Waals surface area contributed by atoms with Crippen LogP contribution >= 0.6 is 0 Å². The van der Waals surface area contributed by atoms with E-state index >= 15 is 8.78 Å². The lowest BCUT2D eigenvalue weighted by molar-refractivity contribution is -0.157. The number of hydrogen-bond acceptors (Lipinski definition) is 14. The molecule has 7 amide bonds. The number of urea groups is 1. The minimum absolute atomic E-state index is 0.0757. The zero-order valence-corrected chi connectivity index (χ0v) is 62.0. The number of nitrogens with one attached hydrogen (secondary N) is 4. The van der Waals surface area contributed by atoms with Gasteiger partial charge in [0.2, 0.25) is 17.7 Å². The quantitative estimate of drug-likeness (QED) is 0.0154. The average Bonchev–Trinajstić information content (AvgIpc) is 1.50. The summed E-state index contributed by atoms with van der Waals surface area (Å²) in [6.45, 7) is 10.9. The van der Waals surface area contributed by atoms with E-state index in [1.807, 2.05) is 23.1 Å². The smallest absolute Gasteiger partial charge is 0.328 e. The summed E-state index contributed by atoms with van der Waals surface area (Å²) >= 11 is 0. The molecule has 2 aromatic heterocycles. The second-order valence-corrected chi connectivity index (χ2v) is 29.1. The van der Waals surface area contributed by atoms with Crippen molar-refractivity contribution in [3.05, 3.63) is 125 Å². The van der Waals surface area contributed by atoms with Gasteiger partial charge in [0.25, 0.3) is 11.8 Å². The summed E-state index contributed by atoms with van der Waals surface area (Å²) in [5.41, 5.74) is 4.08. The van der Waals surface area contributed by atoms with Gasteiger partial charge in [-0.15, -0.1) is 0 Å². The number of carboxylic acid groups (broad SMARTS) is 2. The number of piperidine rings is 2. The van der Waals surface area contributed by atoms with Crippen molar-refractivity contribution in [3.63, 3.8) is 0 Å². The largest absolute Gasteiger partial charge is 0.495 e. The molecule has 25 heteroatoms. The molecule has 0 radical (unpaired) electrons. The summed E-state index contributed by atoms with van der Waals surface area (Å²) in [5.74, 6) is -6.35. The van der Waals surface area contributed by atoms with Gasteiger partial charge in [0, 0.05) is 86.3 Å². The van der Waals surface area contributed by atoms with Crippen molar-refractivity contribution in [1.29, 1.82) is 0 Å². The zero-order chi connectivity index (χ0) is 75.9. The molecular formula is C81H104F2N10O13. The number of carbonyl (C=O) groups excluding carboxylic acids is 7. The molecule has 570 valence electrons. The topological polar surface area (TPSA) is 303 Å². The van der Waals surface area contributed by atoms with Crippen molar-refractivity contribution < 1.29 is 71.6 Å². The van der Waals surface area contributed by atoms with Gasteiger partial charge < -0.3 is 50.0 Å². The number of anilines is 2. The van der Waals surface area contributed by atoms with Gasteiger partial charge in [-0.2, -0.15) is 0 Å². The summed E-state index contributed by atoms with van der Waals surface area (Å²) in [7, 11) is 1.50. The van der Waals surface area contributed by atoms with E-state index in [4.69, 9.17) is 14.6 Å². The van der Waals surface area contributed by atoms with Crippen molar-refractivity contribution in [2.75, 3.05) is 69.7 Å². The van der Waals surface area contributed by atoms with Crippen LogP contribution in [0.4, 0.5) is 25.0 Å². The van der Waals surface area contributed by atoms with Crippen molar-refractivity contribution in [3.8, 4) is 28.3 Å². The number of aromatic amines is 1. The third-order valence-electron chi connectivity index (χ3n) is 21.2. The summed E-state index contributed by atoms with van der Waals surface area (Å²) in [6, 6.07) is 19.6. The number of amides is 7. The molecular weight excluding hydrogens is 1360 g/mol. The number of carbonyl (C=O) groups is 9. The molecule has 23 nitrogen and oxygen atoms in total. The third kappa shape index (κ3) is 22.2. The minimum atomic E-state index is -1.46. The van der Waals surface area contributed by atoms with E-state index < -0.39 is 65.6 Å². The zero-order valence-electron chi connectivity index (χ0n) is 62.0. The SMILES string of the molecule is CCCCCCCCCCCN(C(=O)CCCCCCCCCC(=O)O)[C@@H](CCC(=O)NCC(=O)OC(C)(C)c1ccc(C(=O)Nc2cc(F)cc(-c3ncnc4[nH]c(-c5ccc(CCN6CCC7(CC6)CCN(C(=O)c6ccc(OC)c(N8CCC(=O)NC8=O)c6)CC7)cc5)cc34)c2C)c(F)c1)C(=O)O.